The second kappa shape index (κ2) is 7.54. The predicted octanol–water partition coefficient (Wildman–Crippen LogP) is 3.61. The number of benzene rings is 2. The van der Waals surface area contributed by atoms with Crippen molar-refractivity contribution in [1.82, 2.24) is 4.98 Å². The molecule has 0 radical (unpaired) electrons. The van der Waals surface area contributed by atoms with Crippen LogP contribution in [-0.4, -0.2) is 26.1 Å². The highest BCUT2D eigenvalue weighted by Crippen LogP contribution is 2.35. The molecule has 0 bridgehead atoms. The van der Waals surface area contributed by atoms with Gasteiger partial charge in [-0.1, -0.05) is 35.9 Å². The van der Waals surface area contributed by atoms with E-state index in [1.54, 1.807) is 36.1 Å². The van der Waals surface area contributed by atoms with Crippen molar-refractivity contribution in [3.05, 3.63) is 60.2 Å². The van der Waals surface area contributed by atoms with E-state index in [2.05, 4.69) is 4.98 Å². The lowest BCUT2D eigenvalue weighted by Gasteiger charge is -2.24. The van der Waals surface area contributed by atoms with Gasteiger partial charge in [0.05, 0.1) is 11.1 Å². The number of nitrogens with zero attached hydrogens (tertiary/aromatic N) is 2. The second-order valence-corrected chi connectivity index (χ2v) is 8.20. The fourth-order valence-corrected chi connectivity index (χ4v) is 4.11. The van der Waals surface area contributed by atoms with Crippen LogP contribution in [0.25, 0.3) is 11.5 Å². The summed E-state index contributed by atoms with van der Waals surface area (Å²) in [7, 11) is -3.86. The molecule has 0 spiro atoms. The van der Waals surface area contributed by atoms with E-state index in [1.807, 2.05) is 44.2 Å². The van der Waals surface area contributed by atoms with Gasteiger partial charge in [0.25, 0.3) is 0 Å². The van der Waals surface area contributed by atoms with Crippen LogP contribution >= 0.6 is 0 Å². The number of oxazole rings is 1. The van der Waals surface area contributed by atoms with Crippen molar-refractivity contribution in [2.24, 2.45) is 5.73 Å². The molecule has 142 valence electrons. The van der Waals surface area contributed by atoms with E-state index in [0.29, 0.717) is 12.1 Å². The predicted molar refractivity (Wildman–Crippen MR) is 105 cm³/mol. The Bertz CT molecular complexity index is 1010. The van der Waals surface area contributed by atoms with E-state index in [9.17, 15) is 8.42 Å². The van der Waals surface area contributed by atoms with E-state index in [0.717, 1.165) is 5.56 Å². The van der Waals surface area contributed by atoms with E-state index >= 15 is 0 Å². The van der Waals surface area contributed by atoms with Gasteiger partial charge in [0.15, 0.2) is 0 Å². The standard InChI is InChI=1S/C20H23N3O3S/c1-4-23(15(3)21)20-19(22-18(26-20)16-8-6-5-7-9-16)27(24,25)17-12-10-14(2)11-13-17/h5-13,15H,4,21H2,1-3H3. The lowest BCUT2D eigenvalue weighted by Crippen LogP contribution is -2.40. The molecule has 1 heterocycles. The molecule has 0 fully saturated rings. The van der Waals surface area contributed by atoms with Gasteiger partial charge < -0.3 is 15.1 Å². The number of rotatable bonds is 6. The van der Waals surface area contributed by atoms with E-state index in [-0.39, 0.29) is 21.7 Å². The number of hydrogen-bond acceptors (Lipinski definition) is 6. The Labute approximate surface area is 159 Å². The Morgan fingerprint density at radius 2 is 1.74 bits per heavy atom. The molecule has 1 unspecified atom stereocenters. The maximum atomic E-state index is 13.3. The minimum atomic E-state index is -3.86. The van der Waals surface area contributed by atoms with Crippen LogP contribution in [-0.2, 0) is 9.84 Å². The average molecular weight is 385 g/mol. The van der Waals surface area contributed by atoms with Gasteiger partial charge >= 0.3 is 0 Å². The van der Waals surface area contributed by atoms with Crippen LogP contribution in [0.3, 0.4) is 0 Å². The number of aryl methyl sites for hydroxylation is 1. The zero-order valence-electron chi connectivity index (χ0n) is 15.6. The topological polar surface area (TPSA) is 89.4 Å². The van der Waals surface area contributed by atoms with Crippen molar-refractivity contribution < 1.29 is 12.8 Å². The molecule has 6 nitrogen and oxygen atoms in total. The van der Waals surface area contributed by atoms with Crippen molar-refractivity contribution in [3.8, 4) is 11.5 Å². The van der Waals surface area contributed by atoms with Gasteiger partial charge in [-0.2, -0.15) is 4.98 Å². The number of anilines is 1. The highest BCUT2D eigenvalue weighted by Gasteiger charge is 2.31. The summed E-state index contributed by atoms with van der Waals surface area (Å²) >= 11 is 0. The summed E-state index contributed by atoms with van der Waals surface area (Å²) in [6, 6.07) is 15.9. The quantitative estimate of drug-likeness (QED) is 0.652. The lowest BCUT2D eigenvalue weighted by atomic mass is 10.2. The van der Waals surface area contributed by atoms with Crippen molar-refractivity contribution in [3.63, 3.8) is 0 Å². The Balaban J connectivity index is 2.20. The fraction of sp³-hybridized carbons (Fsp3) is 0.250. The number of nitrogens with two attached hydrogens (primary N) is 1. The summed E-state index contributed by atoms with van der Waals surface area (Å²) in [4.78, 5) is 6.20. The van der Waals surface area contributed by atoms with Crippen LogP contribution < -0.4 is 10.6 Å². The molecule has 3 aromatic rings. The van der Waals surface area contributed by atoms with Gasteiger partial charge in [0.1, 0.15) is 0 Å². The molecule has 27 heavy (non-hydrogen) atoms. The van der Waals surface area contributed by atoms with Crippen LogP contribution in [0.4, 0.5) is 5.88 Å². The van der Waals surface area contributed by atoms with E-state index < -0.39 is 16.0 Å². The van der Waals surface area contributed by atoms with Gasteiger partial charge in [0.2, 0.25) is 26.6 Å². The summed E-state index contributed by atoms with van der Waals surface area (Å²) in [6.45, 7) is 6.05. The first kappa shape index (κ1) is 19.1. The molecule has 7 heteroatoms. The van der Waals surface area contributed by atoms with Crippen LogP contribution in [0.15, 0.2) is 68.9 Å². The molecule has 0 aliphatic carbocycles. The fourth-order valence-electron chi connectivity index (χ4n) is 2.80. The molecule has 1 atom stereocenters. The minimum Gasteiger partial charge on any atom is -0.419 e. The first-order valence-electron chi connectivity index (χ1n) is 8.74. The number of hydrogen-bond donors (Lipinski definition) is 1. The highest BCUT2D eigenvalue weighted by molar-refractivity contribution is 7.91. The summed E-state index contributed by atoms with van der Waals surface area (Å²) in [6.07, 6.45) is -0.432. The SMILES string of the molecule is CCN(c1oc(-c2ccccc2)nc1S(=O)(=O)c1ccc(C)cc1)C(C)N. The third-order valence-electron chi connectivity index (χ3n) is 4.28. The van der Waals surface area contributed by atoms with Crippen molar-refractivity contribution in [2.45, 2.75) is 36.9 Å². The maximum Gasteiger partial charge on any atom is 0.237 e. The number of sulfone groups is 1. The third kappa shape index (κ3) is 3.74. The molecule has 0 amide bonds. The summed E-state index contributed by atoms with van der Waals surface area (Å²) in [5.74, 6) is 0.405. The highest BCUT2D eigenvalue weighted by atomic mass is 32.2. The maximum absolute atomic E-state index is 13.3. The van der Waals surface area contributed by atoms with Crippen molar-refractivity contribution in [1.29, 1.82) is 0 Å². The number of aromatic nitrogens is 1. The molecule has 2 N–H and O–H groups in total. The minimum absolute atomic E-state index is 0.121. The zero-order valence-corrected chi connectivity index (χ0v) is 16.4. The first-order valence-corrected chi connectivity index (χ1v) is 10.2. The molecule has 0 aliphatic heterocycles. The van der Waals surface area contributed by atoms with Gasteiger partial charge in [-0.3, -0.25) is 0 Å². The summed E-state index contributed by atoms with van der Waals surface area (Å²) in [5, 5.41) is -0.121. The van der Waals surface area contributed by atoms with Crippen LogP contribution in [0.2, 0.25) is 0 Å². The Morgan fingerprint density at radius 3 is 2.30 bits per heavy atom. The molecule has 0 saturated heterocycles. The molecule has 0 aliphatic rings. The summed E-state index contributed by atoms with van der Waals surface area (Å²) < 4.78 is 32.4. The largest absolute Gasteiger partial charge is 0.419 e. The third-order valence-corrected chi connectivity index (χ3v) is 5.95. The molecular weight excluding hydrogens is 362 g/mol. The van der Waals surface area contributed by atoms with Crippen molar-refractivity contribution >= 4 is 15.7 Å². The lowest BCUT2D eigenvalue weighted by molar-refractivity contribution is 0.520. The van der Waals surface area contributed by atoms with E-state index in [4.69, 9.17) is 10.2 Å². The Kier molecular flexibility index (Phi) is 5.34. The summed E-state index contributed by atoms with van der Waals surface area (Å²) in [5.41, 5.74) is 7.72. The van der Waals surface area contributed by atoms with Crippen LogP contribution in [0.1, 0.15) is 19.4 Å². The molecule has 0 saturated carbocycles. The van der Waals surface area contributed by atoms with Gasteiger partial charge in [-0.05, 0) is 45.0 Å². The van der Waals surface area contributed by atoms with Gasteiger partial charge in [0, 0.05) is 12.1 Å². The second-order valence-electron chi connectivity index (χ2n) is 6.34. The van der Waals surface area contributed by atoms with Crippen molar-refractivity contribution in [2.75, 3.05) is 11.4 Å². The van der Waals surface area contributed by atoms with E-state index in [1.165, 1.54) is 0 Å². The Morgan fingerprint density at radius 1 is 1.11 bits per heavy atom. The average Bonchev–Trinajstić information content (AvgIpc) is 3.09. The smallest absolute Gasteiger partial charge is 0.237 e. The van der Waals surface area contributed by atoms with Gasteiger partial charge in [-0.15, -0.1) is 0 Å². The Hall–Kier alpha value is -2.64. The normalized spacial score (nSPS) is 12.7. The monoisotopic (exact) mass is 385 g/mol. The van der Waals surface area contributed by atoms with Crippen LogP contribution in [0, 0.1) is 6.92 Å². The van der Waals surface area contributed by atoms with Gasteiger partial charge in [-0.25, -0.2) is 8.42 Å². The molecule has 2 aromatic carbocycles. The molecular formula is C20H23N3O3S. The first-order chi connectivity index (χ1) is 12.8. The molecule has 1 aromatic heterocycles. The zero-order chi connectivity index (χ0) is 19.6. The molecule has 3 rings (SSSR count). The van der Waals surface area contributed by atoms with Crippen LogP contribution in [0.5, 0.6) is 0 Å².